The van der Waals surface area contributed by atoms with Crippen molar-refractivity contribution in [1.29, 1.82) is 0 Å². The summed E-state index contributed by atoms with van der Waals surface area (Å²) in [5.74, 6) is 0. The summed E-state index contributed by atoms with van der Waals surface area (Å²) in [5, 5.41) is 5.43. The van der Waals surface area contributed by atoms with Gasteiger partial charge in [-0.1, -0.05) is 40.5 Å². The molecule has 0 radical (unpaired) electrons. The van der Waals surface area contributed by atoms with Crippen LogP contribution in [0.5, 0.6) is 0 Å². The van der Waals surface area contributed by atoms with E-state index in [1.165, 1.54) is 31.2 Å². The molecule has 0 spiro atoms. The highest BCUT2D eigenvalue weighted by Crippen LogP contribution is 2.12. The van der Waals surface area contributed by atoms with Gasteiger partial charge < -0.3 is 0 Å². The zero-order valence-corrected chi connectivity index (χ0v) is 15.3. The quantitative estimate of drug-likeness (QED) is 0.223. The monoisotopic (exact) mass is 374 g/mol. The zero-order chi connectivity index (χ0) is 16.3. The van der Waals surface area contributed by atoms with Gasteiger partial charge in [0.1, 0.15) is 6.54 Å². The van der Waals surface area contributed by atoms with Gasteiger partial charge in [0.15, 0.2) is 12.4 Å². The van der Waals surface area contributed by atoms with E-state index >= 15 is 0 Å². The molecule has 1 aromatic heterocycles. The summed E-state index contributed by atoms with van der Waals surface area (Å²) >= 11 is 3.47. The van der Waals surface area contributed by atoms with Crippen molar-refractivity contribution in [1.82, 2.24) is 0 Å². The van der Waals surface area contributed by atoms with Crippen molar-refractivity contribution in [3.05, 3.63) is 59.9 Å². The van der Waals surface area contributed by atoms with E-state index in [2.05, 4.69) is 68.5 Å². The van der Waals surface area contributed by atoms with Crippen molar-refractivity contribution in [2.24, 2.45) is 5.10 Å². The number of hydrazone groups is 1. The molecule has 0 fully saturated rings. The van der Waals surface area contributed by atoms with E-state index in [4.69, 9.17) is 0 Å². The number of para-hydroxylation sites is 1. The molecule has 0 saturated heterocycles. The molecule has 0 saturated carbocycles. The highest BCUT2D eigenvalue weighted by atomic mass is 79.9. The minimum Gasteiger partial charge on any atom is -0.278 e. The molecular weight excluding hydrogens is 350 g/mol. The van der Waals surface area contributed by atoms with Crippen LogP contribution in [0.25, 0.3) is 0 Å². The molecule has 0 atom stereocenters. The summed E-state index contributed by atoms with van der Waals surface area (Å²) in [7, 11) is 0. The van der Waals surface area contributed by atoms with Gasteiger partial charge in [0.25, 0.3) is 0 Å². The van der Waals surface area contributed by atoms with Gasteiger partial charge in [-0.3, -0.25) is 5.43 Å². The fraction of sp³-hybridized carbons (Fsp3) is 0.368. The molecular formula is C19H25BrN3+. The molecule has 0 unspecified atom stereocenters. The molecule has 122 valence electrons. The summed E-state index contributed by atoms with van der Waals surface area (Å²) in [5.41, 5.74) is 6.42. The lowest BCUT2D eigenvalue weighted by Crippen LogP contribution is -2.32. The Kier molecular flexibility index (Phi) is 7.81. The highest BCUT2D eigenvalue weighted by molar-refractivity contribution is 9.09. The average molecular weight is 375 g/mol. The third kappa shape index (κ3) is 6.53. The summed E-state index contributed by atoms with van der Waals surface area (Å²) < 4.78 is 2.24. The Balaban J connectivity index is 1.78. The van der Waals surface area contributed by atoms with Crippen LogP contribution in [0.4, 0.5) is 5.69 Å². The van der Waals surface area contributed by atoms with Gasteiger partial charge in [-0.2, -0.15) is 5.10 Å². The van der Waals surface area contributed by atoms with Crippen LogP contribution in [-0.4, -0.2) is 11.5 Å². The van der Waals surface area contributed by atoms with Crippen LogP contribution in [-0.2, 0) is 6.54 Å². The Morgan fingerprint density at radius 1 is 1.04 bits per heavy atom. The third-order valence-corrected chi connectivity index (χ3v) is 4.32. The van der Waals surface area contributed by atoms with Gasteiger partial charge in [0, 0.05) is 29.4 Å². The molecule has 1 heterocycles. The number of anilines is 1. The number of hydrogen-bond acceptors (Lipinski definition) is 2. The number of nitrogens with one attached hydrogen (secondary N) is 1. The number of benzene rings is 1. The molecule has 1 aromatic carbocycles. The molecule has 2 rings (SSSR count). The number of aryl methyl sites for hydroxylation is 2. The van der Waals surface area contributed by atoms with E-state index in [1.807, 2.05) is 24.4 Å². The Morgan fingerprint density at radius 3 is 2.52 bits per heavy atom. The van der Waals surface area contributed by atoms with Crippen molar-refractivity contribution >= 4 is 27.8 Å². The molecule has 3 nitrogen and oxygen atoms in total. The standard InChI is InChI=1S/C19H24BrN3/c1-17-8-4-5-9-19(17)22-21-16-18-10-14-23(15-11-18)13-7-3-2-6-12-20/h4-5,8-11,14-16H,2-3,6-7,12-13H2,1H3/p+1. The van der Waals surface area contributed by atoms with Crippen LogP contribution >= 0.6 is 15.9 Å². The van der Waals surface area contributed by atoms with E-state index < -0.39 is 0 Å². The van der Waals surface area contributed by atoms with Gasteiger partial charge >= 0.3 is 0 Å². The Bertz CT molecular complexity index is 608. The number of rotatable bonds is 9. The summed E-state index contributed by atoms with van der Waals surface area (Å²) in [6, 6.07) is 12.3. The first-order valence-corrected chi connectivity index (χ1v) is 9.31. The molecule has 1 N–H and O–H groups in total. The number of halogens is 1. The van der Waals surface area contributed by atoms with E-state index in [9.17, 15) is 0 Å². The van der Waals surface area contributed by atoms with E-state index in [1.54, 1.807) is 0 Å². The van der Waals surface area contributed by atoms with E-state index in [0.29, 0.717) is 0 Å². The van der Waals surface area contributed by atoms with Crippen LogP contribution in [0, 0.1) is 6.92 Å². The topological polar surface area (TPSA) is 28.3 Å². The number of unbranched alkanes of at least 4 members (excludes halogenated alkanes) is 3. The minimum atomic E-state index is 1.04. The van der Waals surface area contributed by atoms with Crippen molar-refractivity contribution in [3.63, 3.8) is 0 Å². The van der Waals surface area contributed by atoms with Crippen LogP contribution < -0.4 is 9.99 Å². The van der Waals surface area contributed by atoms with Gasteiger partial charge in [-0.25, -0.2) is 4.57 Å². The first-order chi connectivity index (χ1) is 11.3. The first kappa shape index (κ1) is 17.7. The smallest absolute Gasteiger partial charge is 0.169 e. The summed E-state index contributed by atoms with van der Waals surface area (Å²) in [4.78, 5) is 0. The number of hydrogen-bond donors (Lipinski definition) is 1. The molecule has 2 aromatic rings. The lowest BCUT2D eigenvalue weighted by molar-refractivity contribution is -0.697. The molecule has 0 aliphatic heterocycles. The Hall–Kier alpha value is -1.68. The van der Waals surface area contributed by atoms with Crippen LogP contribution in [0.15, 0.2) is 53.9 Å². The highest BCUT2D eigenvalue weighted by Gasteiger charge is 2.00. The lowest BCUT2D eigenvalue weighted by Gasteiger charge is -2.03. The second kappa shape index (κ2) is 10.2. The molecule has 0 bridgehead atoms. The number of pyridine rings is 1. The predicted octanol–water partition coefficient (Wildman–Crippen LogP) is 4.68. The van der Waals surface area contributed by atoms with Crippen LogP contribution in [0.3, 0.4) is 0 Å². The molecule has 0 aliphatic rings. The van der Waals surface area contributed by atoms with Gasteiger partial charge in [0.05, 0.1) is 11.9 Å². The molecule has 0 aliphatic carbocycles. The fourth-order valence-corrected chi connectivity index (χ4v) is 2.72. The summed E-state index contributed by atoms with van der Waals surface area (Å²) in [6.45, 7) is 3.16. The van der Waals surface area contributed by atoms with Crippen molar-refractivity contribution < 1.29 is 4.57 Å². The Morgan fingerprint density at radius 2 is 1.78 bits per heavy atom. The van der Waals surface area contributed by atoms with Crippen LogP contribution in [0.2, 0.25) is 0 Å². The normalized spacial score (nSPS) is 11.0. The van der Waals surface area contributed by atoms with Crippen molar-refractivity contribution in [2.75, 3.05) is 10.8 Å². The second-order valence-electron chi connectivity index (χ2n) is 5.66. The molecule has 23 heavy (non-hydrogen) atoms. The number of nitrogens with zero attached hydrogens (tertiary/aromatic N) is 2. The van der Waals surface area contributed by atoms with Crippen LogP contribution in [0.1, 0.15) is 36.8 Å². The van der Waals surface area contributed by atoms with Gasteiger partial charge in [-0.15, -0.1) is 0 Å². The van der Waals surface area contributed by atoms with Crippen molar-refractivity contribution in [2.45, 2.75) is 39.2 Å². The molecule has 4 heteroatoms. The van der Waals surface area contributed by atoms with Gasteiger partial charge in [0.2, 0.25) is 0 Å². The van der Waals surface area contributed by atoms with Crippen molar-refractivity contribution in [3.8, 4) is 0 Å². The average Bonchev–Trinajstić information content (AvgIpc) is 2.58. The predicted molar refractivity (Wildman–Crippen MR) is 101 cm³/mol. The van der Waals surface area contributed by atoms with E-state index in [-0.39, 0.29) is 0 Å². The largest absolute Gasteiger partial charge is 0.278 e. The Labute approximate surface area is 147 Å². The molecule has 0 amide bonds. The maximum atomic E-state index is 4.31. The zero-order valence-electron chi connectivity index (χ0n) is 13.7. The minimum absolute atomic E-state index is 1.04. The first-order valence-electron chi connectivity index (χ1n) is 8.19. The van der Waals surface area contributed by atoms with E-state index in [0.717, 1.165) is 23.1 Å². The number of alkyl halides is 1. The fourth-order valence-electron chi connectivity index (χ4n) is 2.32. The maximum Gasteiger partial charge on any atom is 0.169 e. The maximum absolute atomic E-state index is 4.31. The second-order valence-corrected chi connectivity index (χ2v) is 6.45. The summed E-state index contributed by atoms with van der Waals surface area (Å²) in [6.07, 6.45) is 11.2. The lowest BCUT2D eigenvalue weighted by atomic mass is 10.2. The number of aromatic nitrogens is 1. The van der Waals surface area contributed by atoms with Gasteiger partial charge in [-0.05, 0) is 31.4 Å². The SMILES string of the molecule is Cc1ccccc1N/N=C/c1cc[n+](CCCCCCBr)cc1. The third-order valence-electron chi connectivity index (χ3n) is 3.76.